The fraction of sp³-hybridized carbons (Fsp3) is 0.179. The molecule has 1 saturated heterocycles. The van der Waals surface area contributed by atoms with Crippen molar-refractivity contribution in [1.82, 2.24) is 15.2 Å². The van der Waals surface area contributed by atoms with E-state index in [0.717, 1.165) is 21.4 Å². The lowest BCUT2D eigenvalue weighted by Gasteiger charge is -2.25. The number of carbonyl (C=O) groups excluding carboxylic acids is 1. The van der Waals surface area contributed by atoms with Crippen LogP contribution < -0.4 is 10.6 Å². The molecule has 1 fully saturated rings. The molecule has 0 bridgehead atoms. The van der Waals surface area contributed by atoms with Crippen molar-refractivity contribution in [2.24, 2.45) is 0 Å². The Bertz CT molecular complexity index is 1380. The number of pyridine rings is 1. The fourth-order valence-electron chi connectivity index (χ4n) is 4.20. The van der Waals surface area contributed by atoms with Crippen molar-refractivity contribution in [2.75, 3.05) is 11.9 Å². The van der Waals surface area contributed by atoms with E-state index in [-0.39, 0.29) is 30.2 Å². The van der Waals surface area contributed by atoms with Gasteiger partial charge in [0.25, 0.3) is 0 Å². The number of benzene rings is 2. The first-order chi connectivity index (χ1) is 18.0. The molecule has 1 aliphatic heterocycles. The van der Waals surface area contributed by atoms with E-state index < -0.39 is 0 Å². The van der Waals surface area contributed by atoms with Gasteiger partial charge in [0.2, 0.25) is 5.91 Å². The van der Waals surface area contributed by atoms with E-state index in [1.807, 2.05) is 35.2 Å². The molecular formula is C28H25FN4O2S2. The maximum Gasteiger partial charge on any atom is 0.226 e. The topological polar surface area (TPSA) is 70.4 Å². The van der Waals surface area contributed by atoms with E-state index >= 15 is 0 Å². The van der Waals surface area contributed by atoms with Gasteiger partial charge in [-0.25, -0.2) is 4.39 Å². The first-order valence-corrected chi connectivity index (χ1v) is 13.1. The summed E-state index contributed by atoms with van der Waals surface area (Å²) in [6.07, 6.45) is 1.94. The van der Waals surface area contributed by atoms with Crippen LogP contribution in [0.25, 0.3) is 0 Å². The van der Waals surface area contributed by atoms with Crippen molar-refractivity contribution >= 4 is 40.7 Å². The number of anilines is 1. The highest BCUT2D eigenvalue weighted by molar-refractivity contribution is 7.99. The summed E-state index contributed by atoms with van der Waals surface area (Å²) in [5.74, 6) is 0.189. The van der Waals surface area contributed by atoms with E-state index in [4.69, 9.17) is 16.6 Å². The number of aromatic nitrogens is 1. The van der Waals surface area contributed by atoms with Gasteiger partial charge in [-0.3, -0.25) is 9.78 Å². The lowest BCUT2D eigenvalue weighted by Crippen LogP contribution is -2.32. The highest BCUT2D eigenvalue weighted by Crippen LogP contribution is 2.41. The third-order valence-electron chi connectivity index (χ3n) is 6.04. The standard InChI is InChI=1S/C28H25FN4O2S2/c1-18-5-11-21(12-6-18)37-25-14-13-23(35-25)27-26(22-4-2-3-16-30-22)32-28(36)33(27)17-15-24(34)31-20-9-7-19(29)8-10-20/h2-14,16,26-27H,15,17H2,1H3,(H,31,34)(H,32,36)/t26-,27-/m0/s1. The van der Waals surface area contributed by atoms with Crippen LogP contribution in [-0.2, 0) is 4.79 Å². The molecule has 5 rings (SSSR count). The van der Waals surface area contributed by atoms with Gasteiger partial charge in [0.1, 0.15) is 17.6 Å². The van der Waals surface area contributed by atoms with Crippen LogP contribution >= 0.6 is 24.0 Å². The molecule has 9 heteroatoms. The van der Waals surface area contributed by atoms with Crippen molar-refractivity contribution in [1.29, 1.82) is 0 Å². The predicted molar refractivity (Wildman–Crippen MR) is 146 cm³/mol. The summed E-state index contributed by atoms with van der Waals surface area (Å²) in [5, 5.41) is 7.47. The lowest BCUT2D eigenvalue weighted by molar-refractivity contribution is -0.116. The van der Waals surface area contributed by atoms with Gasteiger partial charge in [-0.1, -0.05) is 35.5 Å². The van der Waals surface area contributed by atoms with Crippen LogP contribution in [0.1, 0.15) is 35.5 Å². The minimum atomic E-state index is -0.353. The van der Waals surface area contributed by atoms with Crippen LogP contribution in [0, 0.1) is 12.7 Å². The van der Waals surface area contributed by atoms with Gasteiger partial charge in [-0.2, -0.15) is 0 Å². The normalized spacial score (nSPS) is 17.0. The van der Waals surface area contributed by atoms with E-state index in [2.05, 4.69) is 46.8 Å². The van der Waals surface area contributed by atoms with Gasteiger partial charge in [0, 0.05) is 29.7 Å². The molecule has 2 aromatic carbocycles. The van der Waals surface area contributed by atoms with Crippen LogP contribution in [0.3, 0.4) is 0 Å². The molecule has 2 N–H and O–H groups in total. The average molecular weight is 533 g/mol. The van der Waals surface area contributed by atoms with E-state index in [0.29, 0.717) is 17.3 Å². The number of hydrogen-bond donors (Lipinski definition) is 2. The zero-order chi connectivity index (χ0) is 25.8. The molecule has 0 saturated carbocycles. The van der Waals surface area contributed by atoms with Crippen LogP contribution in [0.5, 0.6) is 0 Å². The van der Waals surface area contributed by atoms with Gasteiger partial charge in [0.15, 0.2) is 10.2 Å². The number of hydrogen-bond acceptors (Lipinski definition) is 5. The SMILES string of the molecule is Cc1ccc(Sc2ccc([C@H]3[C@H](c4ccccn4)NC(=S)N3CCC(=O)Nc3ccc(F)cc3)o2)cc1. The molecule has 0 spiro atoms. The molecule has 4 aromatic rings. The lowest BCUT2D eigenvalue weighted by atomic mass is 10.0. The molecule has 0 unspecified atom stereocenters. The molecule has 2 atom stereocenters. The quantitative estimate of drug-likeness (QED) is 0.259. The Balaban J connectivity index is 1.35. The van der Waals surface area contributed by atoms with Gasteiger partial charge >= 0.3 is 0 Å². The zero-order valence-corrected chi connectivity index (χ0v) is 21.7. The maximum atomic E-state index is 13.2. The number of aryl methyl sites for hydroxylation is 1. The van der Waals surface area contributed by atoms with Gasteiger partial charge < -0.3 is 20.0 Å². The third kappa shape index (κ3) is 6.00. The van der Waals surface area contributed by atoms with E-state index in [9.17, 15) is 9.18 Å². The molecule has 6 nitrogen and oxygen atoms in total. The highest BCUT2D eigenvalue weighted by atomic mass is 32.2. The third-order valence-corrected chi connectivity index (χ3v) is 7.32. The minimum absolute atomic E-state index is 0.190. The zero-order valence-electron chi connectivity index (χ0n) is 20.1. The van der Waals surface area contributed by atoms with Gasteiger partial charge in [-0.05, 0) is 79.8 Å². The summed E-state index contributed by atoms with van der Waals surface area (Å²) in [6, 6.07) is 23.1. The number of nitrogens with zero attached hydrogens (tertiary/aromatic N) is 2. The average Bonchev–Trinajstić information content (AvgIpc) is 3.49. The number of carbonyl (C=O) groups is 1. The smallest absolute Gasteiger partial charge is 0.226 e. The monoisotopic (exact) mass is 532 g/mol. The second kappa shape index (κ2) is 11.1. The maximum absolute atomic E-state index is 13.2. The largest absolute Gasteiger partial charge is 0.452 e. The summed E-state index contributed by atoms with van der Waals surface area (Å²) in [5.41, 5.74) is 2.57. The number of rotatable bonds is 8. The Morgan fingerprint density at radius 3 is 2.62 bits per heavy atom. The predicted octanol–water partition coefficient (Wildman–Crippen LogP) is 6.27. The molecule has 2 aromatic heterocycles. The van der Waals surface area contributed by atoms with Crippen molar-refractivity contribution in [3.8, 4) is 0 Å². The molecule has 0 radical (unpaired) electrons. The summed E-state index contributed by atoms with van der Waals surface area (Å²) in [6.45, 7) is 2.43. The summed E-state index contributed by atoms with van der Waals surface area (Å²) in [7, 11) is 0. The first-order valence-electron chi connectivity index (χ1n) is 11.8. The Hall–Kier alpha value is -3.69. The number of amides is 1. The Kier molecular flexibility index (Phi) is 7.52. The second-order valence-electron chi connectivity index (χ2n) is 8.70. The van der Waals surface area contributed by atoms with Crippen LogP contribution in [0.4, 0.5) is 10.1 Å². The Morgan fingerprint density at radius 1 is 1.11 bits per heavy atom. The van der Waals surface area contributed by atoms with Crippen molar-refractivity contribution in [3.63, 3.8) is 0 Å². The highest BCUT2D eigenvalue weighted by Gasteiger charge is 2.41. The van der Waals surface area contributed by atoms with Gasteiger partial charge in [0.05, 0.1) is 11.7 Å². The van der Waals surface area contributed by atoms with Gasteiger partial charge in [-0.15, -0.1) is 0 Å². The summed E-state index contributed by atoms with van der Waals surface area (Å²) >= 11 is 7.23. The molecule has 1 amide bonds. The Morgan fingerprint density at radius 2 is 1.89 bits per heavy atom. The molecular weight excluding hydrogens is 507 g/mol. The molecule has 188 valence electrons. The minimum Gasteiger partial charge on any atom is -0.452 e. The molecule has 37 heavy (non-hydrogen) atoms. The van der Waals surface area contributed by atoms with E-state index in [1.165, 1.54) is 29.8 Å². The van der Waals surface area contributed by atoms with Crippen LogP contribution in [0.2, 0.25) is 0 Å². The number of furan rings is 1. The van der Waals surface area contributed by atoms with E-state index in [1.54, 1.807) is 18.0 Å². The second-order valence-corrected chi connectivity index (χ2v) is 10.2. The number of thiocarbonyl (C=S) groups is 1. The summed E-state index contributed by atoms with van der Waals surface area (Å²) in [4.78, 5) is 20.2. The molecule has 1 aliphatic rings. The molecule has 3 heterocycles. The number of nitrogens with one attached hydrogen (secondary N) is 2. The Labute approximate surface area is 224 Å². The van der Waals surface area contributed by atoms with Crippen LogP contribution in [0.15, 0.2) is 99.5 Å². The van der Waals surface area contributed by atoms with Crippen molar-refractivity contribution in [3.05, 3.63) is 108 Å². The first kappa shape index (κ1) is 25.0. The fourth-order valence-corrected chi connectivity index (χ4v) is 5.31. The number of halogens is 1. The van der Waals surface area contributed by atoms with Crippen molar-refractivity contribution < 1.29 is 13.6 Å². The molecule has 0 aliphatic carbocycles. The van der Waals surface area contributed by atoms with Crippen LogP contribution in [-0.4, -0.2) is 27.4 Å². The van der Waals surface area contributed by atoms with Crippen molar-refractivity contribution in [2.45, 2.75) is 35.4 Å². The summed E-state index contributed by atoms with van der Waals surface area (Å²) < 4.78 is 19.5.